The van der Waals surface area contributed by atoms with Crippen LogP contribution in [0.25, 0.3) is 0 Å². The monoisotopic (exact) mass is 399 g/mol. The minimum Gasteiger partial charge on any atom is -0.482 e. The molecule has 1 fully saturated rings. The third-order valence-electron chi connectivity index (χ3n) is 3.32. The minimum absolute atomic E-state index is 0.128. The molecule has 2 aromatic rings. The molecule has 2 aromatic carbocycles. The number of rotatable bonds is 5. The smallest absolute Gasteiger partial charge is 0.262 e. The Kier molecular flexibility index (Phi) is 6.22. The fourth-order valence-corrected chi connectivity index (χ4v) is 5.41. The lowest BCUT2D eigenvalue weighted by Crippen LogP contribution is -2.20. The highest BCUT2D eigenvalue weighted by Gasteiger charge is 2.18. The SMILES string of the molecule is O=C(COc1cc(Cl)ccc1Cl)Nc1cccc(C2SCCS2)c1. The van der Waals surface area contributed by atoms with Gasteiger partial charge >= 0.3 is 0 Å². The normalized spacial score (nSPS) is 14.6. The average molecular weight is 400 g/mol. The minimum atomic E-state index is -0.241. The van der Waals surface area contributed by atoms with Gasteiger partial charge < -0.3 is 10.1 Å². The van der Waals surface area contributed by atoms with Crippen LogP contribution in [0.4, 0.5) is 5.69 Å². The summed E-state index contributed by atoms with van der Waals surface area (Å²) in [5.41, 5.74) is 1.99. The second-order valence-corrected chi connectivity index (χ2v) is 8.68. The summed E-state index contributed by atoms with van der Waals surface area (Å²) in [6, 6.07) is 12.8. The third kappa shape index (κ3) is 4.76. The van der Waals surface area contributed by atoms with E-state index in [0.717, 1.165) is 5.69 Å². The van der Waals surface area contributed by atoms with Crippen molar-refractivity contribution in [2.24, 2.45) is 0 Å². The zero-order valence-electron chi connectivity index (χ0n) is 12.6. The molecule has 0 unspecified atom stereocenters. The van der Waals surface area contributed by atoms with E-state index in [1.165, 1.54) is 17.1 Å². The second-order valence-electron chi connectivity index (χ2n) is 5.11. The van der Waals surface area contributed by atoms with E-state index in [9.17, 15) is 4.79 Å². The molecule has 0 aromatic heterocycles. The van der Waals surface area contributed by atoms with E-state index in [2.05, 4.69) is 11.4 Å². The number of halogens is 2. The number of thioether (sulfide) groups is 2. The van der Waals surface area contributed by atoms with Crippen LogP contribution in [-0.2, 0) is 4.79 Å². The maximum Gasteiger partial charge on any atom is 0.262 e. The van der Waals surface area contributed by atoms with Crippen LogP contribution in [0.3, 0.4) is 0 Å². The molecule has 1 aliphatic rings. The van der Waals surface area contributed by atoms with Gasteiger partial charge in [0.25, 0.3) is 5.91 Å². The number of anilines is 1. The van der Waals surface area contributed by atoms with E-state index < -0.39 is 0 Å². The van der Waals surface area contributed by atoms with Gasteiger partial charge in [0, 0.05) is 28.3 Å². The summed E-state index contributed by atoms with van der Waals surface area (Å²) in [6.07, 6.45) is 0. The zero-order chi connectivity index (χ0) is 16.9. The van der Waals surface area contributed by atoms with Crippen molar-refractivity contribution in [2.75, 3.05) is 23.4 Å². The standard InChI is InChI=1S/C17H15Cl2NO2S2/c18-12-4-5-14(19)15(9-12)22-10-16(21)20-13-3-1-2-11(8-13)17-23-6-7-24-17/h1-5,8-9,17H,6-7,10H2,(H,20,21). The number of nitrogens with one attached hydrogen (secondary N) is 1. The van der Waals surface area contributed by atoms with Crippen molar-refractivity contribution in [3.8, 4) is 5.75 Å². The molecule has 126 valence electrons. The number of ether oxygens (including phenoxy) is 1. The third-order valence-corrected chi connectivity index (χ3v) is 6.97. The topological polar surface area (TPSA) is 38.3 Å². The Hall–Kier alpha value is -1.01. The Morgan fingerprint density at radius 1 is 1.17 bits per heavy atom. The van der Waals surface area contributed by atoms with Crippen LogP contribution in [0, 0.1) is 0 Å². The average Bonchev–Trinajstić information content (AvgIpc) is 3.10. The van der Waals surface area contributed by atoms with Gasteiger partial charge in [-0.05, 0) is 29.8 Å². The van der Waals surface area contributed by atoms with Gasteiger partial charge in [-0.15, -0.1) is 23.5 Å². The molecule has 3 nitrogen and oxygen atoms in total. The Labute approximate surface area is 159 Å². The summed E-state index contributed by atoms with van der Waals surface area (Å²) < 4.78 is 5.89. The maximum absolute atomic E-state index is 12.1. The molecule has 1 aliphatic heterocycles. The summed E-state index contributed by atoms with van der Waals surface area (Å²) in [5, 5.41) is 3.78. The van der Waals surface area contributed by atoms with Crippen molar-refractivity contribution >= 4 is 58.3 Å². The first-order valence-electron chi connectivity index (χ1n) is 7.33. The summed E-state index contributed by atoms with van der Waals surface area (Å²) in [6.45, 7) is -0.128. The van der Waals surface area contributed by atoms with Crippen molar-refractivity contribution in [2.45, 2.75) is 4.58 Å². The molecule has 24 heavy (non-hydrogen) atoms. The molecule has 1 saturated heterocycles. The first-order chi connectivity index (χ1) is 11.6. The molecule has 0 spiro atoms. The molecule has 7 heteroatoms. The van der Waals surface area contributed by atoms with Crippen LogP contribution < -0.4 is 10.1 Å². The Balaban J connectivity index is 1.58. The summed E-state index contributed by atoms with van der Waals surface area (Å²) in [5.74, 6) is 2.49. The van der Waals surface area contributed by atoms with Gasteiger partial charge in [0.2, 0.25) is 0 Å². The Morgan fingerprint density at radius 2 is 1.96 bits per heavy atom. The maximum atomic E-state index is 12.1. The Morgan fingerprint density at radius 3 is 2.75 bits per heavy atom. The van der Waals surface area contributed by atoms with Gasteiger partial charge in [-0.3, -0.25) is 4.79 Å². The molecule has 1 N–H and O–H groups in total. The van der Waals surface area contributed by atoms with Crippen LogP contribution in [-0.4, -0.2) is 24.0 Å². The number of carbonyl (C=O) groups is 1. The molecule has 0 bridgehead atoms. The molecule has 0 radical (unpaired) electrons. The largest absolute Gasteiger partial charge is 0.482 e. The fourth-order valence-electron chi connectivity index (χ4n) is 2.24. The number of benzene rings is 2. The lowest BCUT2D eigenvalue weighted by Gasteiger charge is -2.12. The van der Waals surface area contributed by atoms with E-state index in [4.69, 9.17) is 27.9 Å². The van der Waals surface area contributed by atoms with Gasteiger partial charge in [0.15, 0.2) is 6.61 Å². The Bertz CT molecular complexity index is 736. The van der Waals surface area contributed by atoms with Crippen LogP contribution in [0.5, 0.6) is 5.75 Å². The van der Waals surface area contributed by atoms with Crippen LogP contribution in [0.15, 0.2) is 42.5 Å². The van der Waals surface area contributed by atoms with E-state index in [0.29, 0.717) is 20.4 Å². The van der Waals surface area contributed by atoms with Gasteiger partial charge in [-0.25, -0.2) is 0 Å². The summed E-state index contributed by atoms with van der Waals surface area (Å²) in [4.78, 5) is 12.1. The summed E-state index contributed by atoms with van der Waals surface area (Å²) >= 11 is 15.8. The summed E-state index contributed by atoms with van der Waals surface area (Å²) in [7, 11) is 0. The lowest BCUT2D eigenvalue weighted by atomic mass is 10.2. The number of carbonyl (C=O) groups excluding carboxylic acids is 1. The molecule has 1 heterocycles. The van der Waals surface area contributed by atoms with Gasteiger partial charge in [-0.1, -0.05) is 35.3 Å². The van der Waals surface area contributed by atoms with Gasteiger partial charge in [0.1, 0.15) is 5.75 Å². The van der Waals surface area contributed by atoms with Crippen molar-refractivity contribution in [1.29, 1.82) is 0 Å². The molecule has 3 rings (SSSR count). The quantitative estimate of drug-likeness (QED) is 0.720. The van der Waals surface area contributed by atoms with Gasteiger partial charge in [0.05, 0.1) is 9.60 Å². The first-order valence-corrected chi connectivity index (χ1v) is 10.2. The predicted octanol–water partition coefficient (Wildman–Crippen LogP) is 5.49. The lowest BCUT2D eigenvalue weighted by molar-refractivity contribution is -0.118. The van der Waals surface area contributed by atoms with Crippen LogP contribution >= 0.6 is 46.7 Å². The van der Waals surface area contributed by atoms with Crippen molar-refractivity contribution in [3.05, 3.63) is 58.1 Å². The van der Waals surface area contributed by atoms with Crippen molar-refractivity contribution in [1.82, 2.24) is 0 Å². The first kappa shape index (κ1) is 17.8. The van der Waals surface area contributed by atoms with Crippen LogP contribution in [0.2, 0.25) is 10.0 Å². The predicted molar refractivity (Wildman–Crippen MR) is 105 cm³/mol. The molecular weight excluding hydrogens is 385 g/mol. The van der Waals surface area contributed by atoms with Crippen molar-refractivity contribution < 1.29 is 9.53 Å². The molecule has 1 amide bonds. The highest BCUT2D eigenvalue weighted by molar-refractivity contribution is 8.19. The molecule has 0 aliphatic carbocycles. The fraction of sp³-hybridized carbons (Fsp3) is 0.235. The number of amides is 1. The molecular formula is C17H15Cl2NO2S2. The van der Waals surface area contributed by atoms with Gasteiger partial charge in [-0.2, -0.15) is 0 Å². The van der Waals surface area contributed by atoms with Crippen LogP contribution in [0.1, 0.15) is 10.1 Å². The van der Waals surface area contributed by atoms with E-state index in [-0.39, 0.29) is 12.5 Å². The highest BCUT2D eigenvalue weighted by atomic mass is 35.5. The van der Waals surface area contributed by atoms with Crippen molar-refractivity contribution in [3.63, 3.8) is 0 Å². The van der Waals surface area contributed by atoms with E-state index in [1.807, 2.05) is 41.7 Å². The van der Waals surface area contributed by atoms with E-state index >= 15 is 0 Å². The highest BCUT2D eigenvalue weighted by Crippen LogP contribution is 2.45. The molecule has 0 saturated carbocycles. The second kappa shape index (κ2) is 8.39. The zero-order valence-corrected chi connectivity index (χ0v) is 15.8. The number of hydrogen-bond donors (Lipinski definition) is 1. The number of hydrogen-bond acceptors (Lipinski definition) is 4. The molecule has 0 atom stereocenters. The van der Waals surface area contributed by atoms with E-state index in [1.54, 1.807) is 18.2 Å².